The van der Waals surface area contributed by atoms with Gasteiger partial charge in [0.2, 0.25) is 0 Å². The van der Waals surface area contributed by atoms with Crippen LogP contribution >= 0.6 is 0 Å². The van der Waals surface area contributed by atoms with Gasteiger partial charge in [-0.05, 0) is 130 Å². The van der Waals surface area contributed by atoms with Gasteiger partial charge in [0.25, 0.3) is 0 Å². The van der Waals surface area contributed by atoms with E-state index in [4.69, 9.17) is 0 Å². The van der Waals surface area contributed by atoms with Crippen LogP contribution in [-0.2, 0) is 0 Å². The van der Waals surface area contributed by atoms with Crippen LogP contribution in [0.25, 0.3) is 22.3 Å². The molecule has 0 saturated carbocycles. The molecule has 3 nitrogen and oxygen atoms in total. The molecule has 0 radical (unpaired) electrons. The Morgan fingerprint density at radius 1 is 0.743 bits per heavy atom. The van der Waals surface area contributed by atoms with Crippen molar-refractivity contribution in [1.82, 2.24) is 0 Å². The molecule has 0 spiro atoms. The Labute approximate surface area is 209 Å². The van der Waals surface area contributed by atoms with Crippen LogP contribution in [0.5, 0.6) is 5.75 Å². The zero-order valence-corrected chi connectivity index (χ0v) is 22.1. The normalized spacial score (nSPS) is 10.9. The molecule has 0 aromatic heterocycles. The second kappa shape index (κ2) is 11.5. The number of hydrogen-bond acceptors (Lipinski definition) is 1. The average Bonchev–Trinajstić information content (AvgIpc) is 2.80. The summed E-state index contributed by atoms with van der Waals surface area (Å²) in [5.41, 5.74) is 10.6. The van der Waals surface area contributed by atoms with Gasteiger partial charge in [-0.1, -0.05) is 11.1 Å². The SMILES string of the molecule is CC(C)=CC[NH2+]c1ccc(-c2c(C)c(C)c(-c3ccc([NH2+]CC=C(C)C)c(F)c3)c(C)c2O)cc1. The van der Waals surface area contributed by atoms with Crippen molar-refractivity contribution in [2.24, 2.45) is 0 Å². The first-order valence-electron chi connectivity index (χ1n) is 12.3. The molecule has 0 heterocycles. The summed E-state index contributed by atoms with van der Waals surface area (Å²) >= 11 is 0. The maximum atomic E-state index is 14.9. The Hall–Kier alpha value is -3.21. The van der Waals surface area contributed by atoms with Gasteiger partial charge in [-0.3, -0.25) is 0 Å². The van der Waals surface area contributed by atoms with E-state index in [0.29, 0.717) is 12.2 Å². The first kappa shape index (κ1) is 26.4. The Bertz CT molecular complexity index is 1230. The first-order chi connectivity index (χ1) is 16.6. The lowest BCUT2D eigenvalue weighted by atomic mass is 9.86. The molecular formula is C31H39FN2O+2. The molecule has 0 aliphatic heterocycles. The molecule has 35 heavy (non-hydrogen) atoms. The van der Waals surface area contributed by atoms with Crippen LogP contribution in [0.3, 0.4) is 0 Å². The van der Waals surface area contributed by atoms with E-state index < -0.39 is 0 Å². The van der Waals surface area contributed by atoms with Crippen LogP contribution in [0.1, 0.15) is 44.4 Å². The molecule has 0 saturated heterocycles. The van der Waals surface area contributed by atoms with Crippen molar-refractivity contribution < 1.29 is 20.1 Å². The third kappa shape index (κ3) is 6.27. The van der Waals surface area contributed by atoms with Gasteiger partial charge in [-0.15, -0.1) is 0 Å². The smallest absolute Gasteiger partial charge is 0.184 e. The van der Waals surface area contributed by atoms with E-state index in [9.17, 15) is 9.50 Å². The fraction of sp³-hybridized carbons (Fsp3) is 0.290. The summed E-state index contributed by atoms with van der Waals surface area (Å²) in [4.78, 5) is 0. The van der Waals surface area contributed by atoms with Crippen molar-refractivity contribution in [3.05, 3.63) is 88.3 Å². The molecule has 5 N–H and O–H groups in total. The van der Waals surface area contributed by atoms with E-state index in [2.05, 4.69) is 62.5 Å². The van der Waals surface area contributed by atoms with E-state index >= 15 is 0 Å². The van der Waals surface area contributed by atoms with Crippen LogP contribution in [-0.4, -0.2) is 18.2 Å². The molecule has 0 atom stereocenters. The highest BCUT2D eigenvalue weighted by Crippen LogP contribution is 2.43. The van der Waals surface area contributed by atoms with Crippen molar-refractivity contribution in [2.75, 3.05) is 13.1 Å². The number of nitrogens with two attached hydrogens (primary N) is 2. The fourth-order valence-corrected chi connectivity index (χ4v) is 4.41. The summed E-state index contributed by atoms with van der Waals surface area (Å²) in [7, 11) is 0. The number of allylic oxidation sites excluding steroid dienone is 2. The first-order valence-corrected chi connectivity index (χ1v) is 12.3. The molecule has 3 aromatic carbocycles. The molecule has 3 aromatic rings. The molecule has 0 unspecified atom stereocenters. The predicted molar refractivity (Wildman–Crippen MR) is 145 cm³/mol. The van der Waals surface area contributed by atoms with Crippen LogP contribution in [0, 0.1) is 26.6 Å². The monoisotopic (exact) mass is 474 g/mol. The number of hydrogen-bond donors (Lipinski definition) is 3. The maximum absolute atomic E-state index is 14.9. The van der Waals surface area contributed by atoms with Crippen molar-refractivity contribution in [1.29, 1.82) is 0 Å². The minimum atomic E-state index is -0.246. The molecular weight excluding hydrogens is 435 g/mol. The van der Waals surface area contributed by atoms with Gasteiger partial charge in [0.05, 0.1) is 13.1 Å². The van der Waals surface area contributed by atoms with Crippen molar-refractivity contribution >= 4 is 11.4 Å². The maximum Gasteiger partial charge on any atom is 0.184 e. The quantitative estimate of drug-likeness (QED) is 0.268. The predicted octanol–water partition coefficient (Wildman–Crippen LogP) is 6.11. The van der Waals surface area contributed by atoms with E-state index in [1.807, 2.05) is 45.1 Å². The summed E-state index contributed by atoms with van der Waals surface area (Å²) in [6.07, 6.45) is 4.28. The lowest BCUT2D eigenvalue weighted by molar-refractivity contribution is -0.563. The van der Waals surface area contributed by atoms with Gasteiger partial charge < -0.3 is 15.7 Å². The second-order valence-corrected chi connectivity index (χ2v) is 9.77. The van der Waals surface area contributed by atoms with E-state index in [1.165, 1.54) is 11.1 Å². The van der Waals surface area contributed by atoms with Gasteiger partial charge in [0.15, 0.2) is 11.5 Å². The number of halogens is 1. The van der Waals surface area contributed by atoms with Crippen molar-refractivity contribution in [3.8, 4) is 28.0 Å². The molecule has 4 heteroatoms. The Morgan fingerprint density at radius 2 is 1.29 bits per heavy atom. The Morgan fingerprint density at radius 3 is 1.86 bits per heavy atom. The van der Waals surface area contributed by atoms with Gasteiger partial charge in [-0.2, -0.15) is 0 Å². The van der Waals surface area contributed by atoms with Gasteiger partial charge in [-0.25, -0.2) is 4.39 Å². The van der Waals surface area contributed by atoms with Crippen LogP contribution in [0.4, 0.5) is 15.8 Å². The van der Waals surface area contributed by atoms with Crippen LogP contribution in [0.15, 0.2) is 65.8 Å². The van der Waals surface area contributed by atoms with E-state index in [0.717, 1.165) is 51.2 Å². The van der Waals surface area contributed by atoms with E-state index in [1.54, 1.807) is 6.07 Å². The molecule has 0 amide bonds. The van der Waals surface area contributed by atoms with Crippen molar-refractivity contribution in [2.45, 2.75) is 48.5 Å². The Kier molecular flexibility index (Phi) is 8.66. The fourth-order valence-electron chi connectivity index (χ4n) is 4.41. The van der Waals surface area contributed by atoms with E-state index in [-0.39, 0.29) is 11.6 Å². The number of phenolic OH excluding ortho intramolecular Hbond substituents is 1. The summed E-state index contributed by atoms with van der Waals surface area (Å²) < 4.78 is 14.9. The third-order valence-electron chi connectivity index (χ3n) is 6.51. The summed E-state index contributed by atoms with van der Waals surface area (Å²) in [5, 5.41) is 15.3. The molecule has 184 valence electrons. The standard InChI is InChI=1S/C31H37FN2O/c1-19(2)14-16-33-26-11-8-24(9-12-26)30-22(6)21(5)29(23(7)31(30)35)25-10-13-28(27(32)18-25)34-17-15-20(3)4/h8-15,18,33-35H,16-17H2,1-7H3/p+2. The number of quaternary nitrogens is 2. The zero-order chi connectivity index (χ0) is 25.7. The lowest BCUT2D eigenvalue weighted by Crippen LogP contribution is -2.78. The van der Waals surface area contributed by atoms with Crippen LogP contribution in [0.2, 0.25) is 0 Å². The zero-order valence-electron chi connectivity index (χ0n) is 22.1. The Balaban J connectivity index is 1.94. The van der Waals surface area contributed by atoms with Gasteiger partial charge in [0, 0.05) is 11.6 Å². The minimum absolute atomic E-state index is 0.246. The highest BCUT2D eigenvalue weighted by molar-refractivity contribution is 5.85. The number of phenols is 1. The highest BCUT2D eigenvalue weighted by Gasteiger charge is 2.20. The van der Waals surface area contributed by atoms with Crippen molar-refractivity contribution in [3.63, 3.8) is 0 Å². The second-order valence-electron chi connectivity index (χ2n) is 9.77. The summed E-state index contributed by atoms with van der Waals surface area (Å²) in [5.74, 6) is 0.00796. The molecule has 3 rings (SSSR count). The third-order valence-corrected chi connectivity index (χ3v) is 6.51. The average molecular weight is 475 g/mol. The highest BCUT2D eigenvalue weighted by atomic mass is 19.1. The van der Waals surface area contributed by atoms with Gasteiger partial charge >= 0.3 is 0 Å². The number of rotatable bonds is 8. The molecule has 0 aliphatic carbocycles. The molecule has 0 bridgehead atoms. The van der Waals surface area contributed by atoms with Gasteiger partial charge in [0.1, 0.15) is 11.4 Å². The number of benzene rings is 3. The lowest BCUT2D eigenvalue weighted by Gasteiger charge is -2.20. The van der Waals surface area contributed by atoms with Crippen LogP contribution < -0.4 is 10.6 Å². The summed E-state index contributed by atoms with van der Waals surface area (Å²) in [6, 6.07) is 13.7. The molecule has 0 aliphatic rings. The minimum Gasteiger partial charge on any atom is -0.507 e. The largest absolute Gasteiger partial charge is 0.507 e. The molecule has 0 fully saturated rings. The topological polar surface area (TPSA) is 53.5 Å². The summed E-state index contributed by atoms with van der Waals surface area (Å²) in [6.45, 7) is 15.9. The number of aromatic hydroxyl groups is 1.